The minimum absolute atomic E-state index is 0.00385. The van der Waals surface area contributed by atoms with Crippen LogP contribution in [0.2, 0.25) is 10.0 Å². The van der Waals surface area contributed by atoms with Crippen LogP contribution in [0.5, 0.6) is 0 Å². The molecule has 9 nitrogen and oxygen atoms in total. The lowest BCUT2D eigenvalue weighted by Gasteiger charge is -2.40. The number of aryl methyl sites for hydroxylation is 3. The van der Waals surface area contributed by atoms with Crippen molar-refractivity contribution in [1.82, 2.24) is 24.3 Å². The van der Waals surface area contributed by atoms with Gasteiger partial charge in [-0.05, 0) is 81.7 Å². The Kier molecular flexibility index (Phi) is 8.32. The minimum atomic E-state index is -0.480. The quantitative estimate of drug-likeness (QED) is 0.172. The van der Waals surface area contributed by atoms with Crippen molar-refractivity contribution in [3.63, 3.8) is 0 Å². The number of hydrogen-bond acceptors (Lipinski definition) is 6. The van der Waals surface area contributed by atoms with Crippen LogP contribution < -0.4 is 15.8 Å². The molecule has 7 heterocycles. The van der Waals surface area contributed by atoms with E-state index in [0.717, 1.165) is 61.1 Å². The monoisotopic (exact) mass is 777 g/mol. The number of hydrogen-bond donors (Lipinski definition) is 1. The molecule has 4 saturated heterocycles. The fourth-order valence-corrected chi connectivity index (χ4v) is 10.9. The molecular weight excluding hydrogens is 736 g/mol. The zero-order chi connectivity index (χ0) is 37.9. The predicted molar refractivity (Wildman–Crippen MR) is 213 cm³/mol. The van der Waals surface area contributed by atoms with Gasteiger partial charge in [0.15, 0.2) is 5.82 Å². The number of carbonyl (C=O) groups is 1. The topological polar surface area (TPSA) is 99.2 Å². The van der Waals surface area contributed by atoms with E-state index in [-0.39, 0.29) is 64.4 Å². The van der Waals surface area contributed by atoms with Crippen LogP contribution in [0, 0.1) is 41.8 Å². The zero-order valence-electron chi connectivity index (χ0n) is 30.9. The number of nitrogens with one attached hydrogen (secondary N) is 1. The molecule has 1 amide bonds. The maximum atomic E-state index is 17.3. The Balaban J connectivity index is 1.20. The van der Waals surface area contributed by atoms with Crippen LogP contribution in [0.1, 0.15) is 68.1 Å². The third-order valence-electron chi connectivity index (χ3n) is 13.2. The highest BCUT2D eigenvalue weighted by Crippen LogP contribution is 2.54. The summed E-state index contributed by atoms with van der Waals surface area (Å²) < 4.78 is 21.5. The lowest BCUT2D eigenvalue weighted by atomic mass is 9.79. The minimum Gasteiger partial charge on any atom is -0.369 e. The van der Waals surface area contributed by atoms with Crippen molar-refractivity contribution in [2.75, 3.05) is 24.5 Å². The Morgan fingerprint density at radius 3 is 2.64 bits per heavy atom. The molecule has 11 rings (SSSR count). The third-order valence-corrected chi connectivity index (χ3v) is 14.0. The molecule has 0 radical (unpaired) electrons. The van der Waals surface area contributed by atoms with Gasteiger partial charge >= 0.3 is 0 Å². The molecule has 6 aliphatic rings. The molecule has 1 N–H and O–H groups in total. The number of aromatic nitrogens is 3. The summed E-state index contributed by atoms with van der Waals surface area (Å²) >= 11 is 13.2. The van der Waals surface area contributed by atoms with Gasteiger partial charge < -0.3 is 24.3 Å². The molecule has 4 aliphatic heterocycles. The SMILES string of the molecule is CCn1ccc(N2CC3CC(C2)N(C(=O)C2CC2)C3c2cc3c(C)nc4c(F)c(-c5cccc(Cl)c5Cl)c(CCC#N)cc4c3n2C2C3CNC2C3)cc1=O. The van der Waals surface area contributed by atoms with E-state index in [1.807, 2.05) is 32.2 Å². The number of fused-ring (bicyclic) bond motifs is 6. The number of benzene rings is 2. The van der Waals surface area contributed by atoms with Crippen LogP contribution in [0.4, 0.5) is 10.1 Å². The largest absolute Gasteiger partial charge is 0.369 e. The van der Waals surface area contributed by atoms with Crippen molar-refractivity contribution < 1.29 is 9.18 Å². The molecule has 2 saturated carbocycles. The van der Waals surface area contributed by atoms with Crippen LogP contribution >= 0.6 is 23.2 Å². The van der Waals surface area contributed by atoms with Crippen molar-refractivity contribution >= 4 is 56.6 Å². The van der Waals surface area contributed by atoms with Crippen LogP contribution in [-0.2, 0) is 17.8 Å². The van der Waals surface area contributed by atoms with Crippen molar-refractivity contribution in [2.24, 2.45) is 17.8 Å². The molecule has 3 aromatic heterocycles. The van der Waals surface area contributed by atoms with Crippen molar-refractivity contribution in [3.05, 3.63) is 91.8 Å². The van der Waals surface area contributed by atoms with E-state index in [1.165, 1.54) is 0 Å². The number of piperidine rings is 1. The summed E-state index contributed by atoms with van der Waals surface area (Å²) in [5.41, 5.74) is 5.33. The van der Waals surface area contributed by atoms with Gasteiger partial charge in [-0.3, -0.25) is 9.59 Å². The summed E-state index contributed by atoms with van der Waals surface area (Å²) in [5, 5.41) is 15.6. The second-order valence-electron chi connectivity index (χ2n) is 16.3. The van der Waals surface area contributed by atoms with E-state index in [1.54, 1.807) is 28.8 Å². The normalized spacial score (nSPS) is 25.5. The number of rotatable bonds is 8. The smallest absolute Gasteiger partial charge is 0.252 e. The standard InChI is InChI=1S/C43H42Cl2FN7O2/c1-3-50-13-11-27(17-35(50)54)51-20-26-14-28(21-51)52(43(55)23-9-10-23)41(26)34-18-30-22(2)49-39-31(42(30)53(34)40-25-16-33(40)48-19-25)15-24(6-5-12-47)36(38(39)46)29-7-4-8-32(44)37(29)45/h4,7-8,11,13,15,17-18,23,25-26,28,33,40-41,48H,3,5-6,9-10,14,16,19-21H2,1-2H3. The van der Waals surface area contributed by atoms with Gasteiger partial charge in [0.05, 0.1) is 39.8 Å². The first kappa shape index (κ1) is 35.0. The maximum absolute atomic E-state index is 17.3. The Bertz CT molecular complexity index is 2520. The van der Waals surface area contributed by atoms with E-state index < -0.39 is 5.82 Å². The molecule has 6 atom stereocenters. The first-order chi connectivity index (χ1) is 26.7. The van der Waals surface area contributed by atoms with Gasteiger partial charge in [0.1, 0.15) is 5.52 Å². The molecule has 12 heteroatoms. The summed E-state index contributed by atoms with van der Waals surface area (Å²) in [6.07, 6.45) is 6.18. The summed E-state index contributed by atoms with van der Waals surface area (Å²) in [6.45, 7) is 6.82. The summed E-state index contributed by atoms with van der Waals surface area (Å²) in [4.78, 5) is 36.9. The number of likely N-dealkylation sites (tertiary alicyclic amines) is 1. The maximum Gasteiger partial charge on any atom is 0.252 e. The van der Waals surface area contributed by atoms with Gasteiger partial charge in [-0.2, -0.15) is 5.26 Å². The number of carbonyl (C=O) groups excluding carboxylic acids is 1. The van der Waals surface area contributed by atoms with Crippen LogP contribution in [-0.4, -0.2) is 56.6 Å². The van der Waals surface area contributed by atoms with Gasteiger partial charge in [0.25, 0.3) is 5.56 Å². The Labute approximate surface area is 328 Å². The van der Waals surface area contributed by atoms with E-state index in [0.29, 0.717) is 58.2 Å². The fourth-order valence-electron chi connectivity index (χ4n) is 10.5. The van der Waals surface area contributed by atoms with Gasteiger partial charge in [-0.15, -0.1) is 0 Å². The molecule has 6 fully saturated rings. The average Bonchev–Trinajstić information content (AvgIpc) is 3.46. The van der Waals surface area contributed by atoms with Gasteiger partial charge in [-0.1, -0.05) is 35.3 Å². The molecule has 2 aromatic carbocycles. The first-order valence-electron chi connectivity index (χ1n) is 19.7. The average molecular weight is 779 g/mol. The second kappa shape index (κ2) is 13.1. The van der Waals surface area contributed by atoms with Crippen LogP contribution in [0.15, 0.2) is 53.5 Å². The highest BCUT2D eigenvalue weighted by atomic mass is 35.5. The number of amides is 1. The molecule has 4 bridgehead atoms. The lowest BCUT2D eigenvalue weighted by Crippen LogP contribution is -2.45. The van der Waals surface area contributed by atoms with Crippen molar-refractivity contribution in [2.45, 2.75) is 83.1 Å². The molecule has 6 unspecified atom stereocenters. The number of nitrogens with zero attached hydrogens (tertiary/aromatic N) is 6. The lowest BCUT2D eigenvalue weighted by molar-refractivity contribution is -0.135. The summed E-state index contributed by atoms with van der Waals surface area (Å²) in [6, 6.07) is 15.7. The Hall–Kier alpha value is -4.43. The van der Waals surface area contributed by atoms with E-state index in [9.17, 15) is 14.9 Å². The van der Waals surface area contributed by atoms with Crippen molar-refractivity contribution in [1.29, 1.82) is 5.26 Å². The Morgan fingerprint density at radius 1 is 1.09 bits per heavy atom. The first-order valence-corrected chi connectivity index (χ1v) is 20.4. The molecule has 2 aliphatic carbocycles. The van der Waals surface area contributed by atoms with Gasteiger partial charge in [0, 0.05) is 102 Å². The second-order valence-corrected chi connectivity index (χ2v) is 17.1. The molecule has 55 heavy (non-hydrogen) atoms. The van der Waals surface area contributed by atoms with Crippen LogP contribution in [0.3, 0.4) is 0 Å². The molecular formula is C43H42Cl2FN7O2. The number of pyridine rings is 2. The predicted octanol–water partition coefficient (Wildman–Crippen LogP) is 7.97. The van der Waals surface area contributed by atoms with Crippen LogP contribution in [0.25, 0.3) is 32.9 Å². The zero-order valence-corrected chi connectivity index (χ0v) is 32.4. The Morgan fingerprint density at radius 2 is 1.93 bits per heavy atom. The third kappa shape index (κ3) is 5.37. The van der Waals surface area contributed by atoms with E-state index >= 15 is 4.39 Å². The van der Waals surface area contributed by atoms with E-state index in [2.05, 4.69) is 31.8 Å². The summed E-state index contributed by atoms with van der Waals surface area (Å²) in [5.74, 6) is 0.320. The number of anilines is 1. The van der Waals surface area contributed by atoms with Crippen molar-refractivity contribution in [3.8, 4) is 17.2 Å². The molecule has 0 spiro atoms. The fraction of sp³-hybridized carbons (Fsp3) is 0.442. The van der Waals surface area contributed by atoms with Gasteiger partial charge in [-0.25, -0.2) is 9.37 Å². The number of halogens is 3. The highest BCUT2D eigenvalue weighted by molar-refractivity contribution is 6.43. The summed E-state index contributed by atoms with van der Waals surface area (Å²) in [7, 11) is 0. The highest BCUT2D eigenvalue weighted by Gasteiger charge is 2.55. The number of nitriles is 1. The molecule has 5 aromatic rings. The molecule has 282 valence electrons. The van der Waals surface area contributed by atoms with E-state index in [4.69, 9.17) is 28.2 Å². The van der Waals surface area contributed by atoms with Gasteiger partial charge in [0.2, 0.25) is 5.91 Å².